The van der Waals surface area contributed by atoms with Gasteiger partial charge in [-0.3, -0.25) is 0 Å². The smallest absolute Gasteiger partial charge is 0.231 e. The van der Waals surface area contributed by atoms with E-state index in [-0.39, 0.29) is 6.04 Å². The summed E-state index contributed by atoms with van der Waals surface area (Å²) in [6, 6.07) is 3.29. The van der Waals surface area contributed by atoms with Gasteiger partial charge in [-0.2, -0.15) is 5.10 Å². The third-order valence-corrected chi connectivity index (χ3v) is 4.95. The molecule has 0 saturated heterocycles. The number of hydrogen-bond donors (Lipinski definition) is 1. The maximum absolute atomic E-state index is 14.3. The number of rotatable bonds is 4. The van der Waals surface area contributed by atoms with E-state index in [2.05, 4.69) is 15.1 Å². The Hall–Kier alpha value is -2.68. The molecule has 9 heteroatoms. The van der Waals surface area contributed by atoms with Crippen molar-refractivity contribution in [1.82, 2.24) is 19.7 Å². The Morgan fingerprint density at radius 1 is 1.11 bits per heavy atom. The van der Waals surface area contributed by atoms with Crippen molar-refractivity contribution in [3.8, 4) is 0 Å². The predicted molar refractivity (Wildman–Crippen MR) is 92.3 cm³/mol. The van der Waals surface area contributed by atoms with E-state index in [1.54, 1.807) is 10.9 Å². The second-order valence-corrected chi connectivity index (χ2v) is 6.60. The van der Waals surface area contributed by atoms with Gasteiger partial charge in [0.1, 0.15) is 23.8 Å². The summed E-state index contributed by atoms with van der Waals surface area (Å²) in [6.07, 6.45) is 2.91. The van der Waals surface area contributed by atoms with Crippen molar-refractivity contribution in [3.63, 3.8) is 0 Å². The molecule has 0 radical (unpaired) electrons. The Bertz CT molecular complexity index is 935. The SMILES string of the molecule is Nc1ncnc2c1cnn2C1CCC(O[C@@H](F)c2c(F)cccc2F)CC1. The number of nitrogens with two attached hydrogens (primary N) is 1. The van der Waals surface area contributed by atoms with Crippen molar-refractivity contribution in [3.05, 3.63) is 47.9 Å². The van der Waals surface area contributed by atoms with E-state index in [0.29, 0.717) is 42.5 Å². The van der Waals surface area contributed by atoms with Gasteiger partial charge >= 0.3 is 0 Å². The summed E-state index contributed by atoms with van der Waals surface area (Å²) in [6.45, 7) is 0. The topological polar surface area (TPSA) is 78.9 Å². The molecule has 1 fully saturated rings. The first-order chi connectivity index (χ1) is 13.0. The first kappa shape index (κ1) is 17.7. The number of alkyl halides is 1. The van der Waals surface area contributed by atoms with Gasteiger partial charge < -0.3 is 10.5 Å². The zero-order chi connectivity index (χ0) is 19.0. The highest BCUT2D eigenvalue weighted by molar-refractivity contribution is 5.84. The molecule has 0 aliphatic heterocycles. The van der Waals surface area contributed by atoms with Gasteiger partial charge in [0.25, 0.3) is 0 Å². The average Bonchev–Trinajstić information content (AvgIpc) is 3.08. The van der Waals surface area contributed by atoms with E-state index in [0.717, 1.165) is 12.1 Å². The van der Waals surface area contributed by atoms with Crippen LogP contribution in [0.1, 0.15) is 43.6 Å². The molecule has 0 unspecified atom stereocenters. The van der Waals surface area contributed by atoms with E-state index in [4.69, 9.17) is 10.5 Å². The zero-order valence-corrected chi connectivity index (χ0v) is 14.4. The molecule has 1 aliphatic rings. The minimum absolute atomic E-state index is 0.0694. The van der Waals surface area contributed by atoms with Gasteiger partial charge in [-0.15, -0.1) is 0 Å². The molecule has 1 atom stereocenters. The lowest BCUT2D eigenvalue weighted by molar-refractivity contribution is -0.106. The second-order valence-electron chi connectivity index (χ2n) is 6.60. The van der Waals surface area contributed by atoms with E-state index >= 15 is 0 Å². The number of nitrogen functional groups attached to an aromatic ring is 1. The van der Waals surface area contributed by atoms with Crippen molar-refractivity contribution >= 4 is 16.9 Å². The van der Waals surface area contributed by atoms with Crippen molar-refractivity contribution in [2.45, 2.75) is 44.2 Å². The van der Waals surface area contributed by atoms with Crippen LogP contribution in [0.2, 0.25) is 0 Å². The Labute approximate surface area is 153 Å². The maximum atomic E-state index is 14.3. The van der Waals surface area contributed by atoms with Gasteiger partial charge in [-0.05, 0) is 37.8 Å². The Morgan fingerprint density at radius 3 is 2.52 bits per heavy atom. The first-order valence-electron chi connectivity index (χ1n) is 8.71. The van der Waals surface area contributed by atoms with Gasteiger partial charge in [0.15, 0.2) is 5.65 Å². The number of halogens is 3. The van der Waals surface area contributed by atoms with Gasteiger partial charge in [-0.1, -0.05) is 6.07 Å². The standard InChI is InChI=1S/C18H18F3N5O/c19-13-2-1-3-14(20)15(13)16(21)27-11-6-4-10(5-7-11)26-18-12(8-25-26)17(22)23-9-24-18/h1-3,8-11,16H,4-7H2,(H2,22,23,24)/t10?,11?,16-/m1/s1. The third-order valence-electron chi connectivity index (χ3n) is 4.95. The molecule has 0 spiro atoms. The van der Waals surface area contributed by atoms with Crippen molar-refractivity contribution in [1.29, 1.82) is 0 Å². The van der Waals surface area contributed by atoms with Gasteiger partial charge in [-0.25, -0.2) is 27.8 Å². The minimum atomic E-state index is -2.13. The summed E-state index contributed by atoms with van der Waals surface area (Å²) in [4.78, 5) is 8.18. The lowest BCUT2D eigenvalue weighted by Crippen LogP contribution is -2.25. The summed E-state index contributed by atoms with van der Waals surface area (Å²) in [5.41, 5.74) is 5.81. The molecular weight excluding hydrogens is 359 g/mol. The summed E-state index contributed by atoms with van der Waals surface area (Å²) < 4.78 is 48.8. The van der Waals surface area contributed by atoms with Crippen LogP contribution in [0.25, 0.3) is 11.0 Å². The molecule has 1 aliphatic carbocycles. The Kier molecular flexibility index (Phi) is 4.69. The van der Waals surface area contributed by atoms with E-state index < -0.39 is 29.7 Å². The van der Waals surface area contributed by atoms with Gasteiger partial charge in [0.05, 0.1) is 29.3 Å². The number of aromatic nitrogens is 4. The van der Waals surface area contributed by atoms with E-state index in [9.17, 15) is 13.2 Å². The molecule has 142 valence electrons. The molecule has 3 aromatic rings. The first-order valence-corrected chi connectivity index (χ1v) is 8.71. The fourth-order valence-corrected chi connectivity index (χ4v) is 3.54. The predicted octanol–water partition coefficient (Wildman–Crippen LogP) is 3.86. The molecule has 2 N–H and O–H groups in total. The van der Waals surface area contributed by atoms with Crippen molar-refractivity contribution in [2.75, 3.05) is 5.73 Å². The average molecular weight is 377 g/mol. The summed E-state index contributed by atoms with van der Waals surface area (Å²) in [7, 11) is 0. The molecule has 1 aromatic carbocycles. The largest absolute Gasteiger partial charge is 0.383 e. The lowest BCUT2D eigenvalue weighted by Gasteiger charge is -2.30. The van der Waals surface area contributed by atoms with Gasteiger partial charge in [0, 0.05) is 0 Å². The van der Waals surface area contributed by atoms with Crippen LogP contribution in [0, 0.1) is 11.6 Å². The van der Waals surface area contributed by atoms with Crippen LogP contribution in [0.15, 0.2) is 30.7 Å². The highest BCUT2D eigenvalue weighted by Gasteiger charge is 2.29. The lowest BCUT2D eigenvalue weighted by atomic mass is 9.93. The van der Waals surface area contributed by atoms with Crippen LogP contribution in [-0.2, 0) is 4.74 Å². The van der Waals surface area contributed by atoms with Crippen molar-refractivity contribution in [2.24, 2.45) is 0 Å². The monoisotopic (exact) mass is 377 g/mol. The minimum Gasteiger partial charge on any atom is -0.383 e. The van der Waals surface area contributed by atoms with Crippen LogP contribution >= 0.6 is 0 Å². The molecule has 4 rings (SSSR count). The van der Waals surface area contributed by atoms with Crippen LogP contribution in [0.5, 0.6) is 0 Å². The number of benzene rings is 1. The molecular formula is C18H18F3N5O. The molecule has 2 heterocycles. The van der Waals surface area contributed by atoms with E-state index in [1.165, 1.54) is 12.4 Å². The summed E-state index contributed by atoms with van der Waals surface area (Å²) >= 11 is 0. The quantitative estimate of drug-likeness (QED) is 0.747. The number of fused-ring (bicyclic) bond motifs is 1. The molecule has 1 saturated carbocycles. The normalized spacial score (nSPS) is 21.4. The highest BCUT2D eigenvalue weighted by atomic mass is 19.2. The summed E-state index contributed by atoms with van der Waals surface area (Å²) in [5, 5.41) is 5.05. The van der Waals surface area contributed by atoms with Gasteiger partial charge in [0.2, 0.25) is 6.36 Å². The molecule has 0 bridgehead atoms. The number of hydrogen-bond acceptors (Lipinski definition) is 5. The third kappa shape index (κ3) is 3.34. The molecule has 6 nitrogen and oxygen atoms in total. The Morgan fingerprint density at radius 2 is 1.81 bits per heavy atom. The Balaban J connectivity index is 1.42. The second kappa shape index (κ2) is 7.15. The molecule has 27 heavy (non-hydrogen) atoms. The van der Waals surface area contributed by atoms with Crippen molar-refractivity contribution < 1.29 is 17.9 Å². The van der Waals surface area contributed by atoms with Crippen LogP contribution in [0.3, 0.4) is 0 Å². The van der Waals surface area contributed by atoms with Crippen LogP contribution in [-0.4, -0.2) is 25.9 Å². The van der Waals surface area contributed by atoms with Crippen LogP contribution < -0.4 is 5.73 Å². The highest BCUT2D eigenvalue weighted by Crippen LogP contribution is 2.35. The van der Waals surface area contributed by atoms with Crippen LogP contribution in [0.4, 0.5) is 19.0 Å². The summed E-state index contributed by atoms with van der Waals surface area (Å²) in [5.74, 6) is -1.52. The van der Waals surface area contributed by atoms with E-state index in [1.807, 2.05) is 0 Å². The number of nitrogens with zero attached hydrogens (tertiary/aromatic N) is 4. The maximum Gasteiger partial charge on any atom is 0.231 e. The zero-order valence-electron chi connectivity index (χ0n) is 14.4. The number of ether oxygens (including phenoxy) is 1. The fourth-order valence-electron chi connectivity index (χ4n) is 3.54. The molecule has 2 aromatic heterocycles. The number of anilines is 1. The fraction of sp³-hybridized carbons (Fsp3) is 0.389. The molecule has 0 amide bonds.